The van der Waals surface area contributed by atoms with Crippen LogP contribution in [0.1, 0.15) is 12.5 Å². The van der Waals surface area contributed by atoms with Crippen molar-refractivity contribution in [2.24, 2.45) is 0 Å². The van der Waals surface area contributed by atoms with Crippen molar-refractivity contribution in [1.29, 1.82) is 0 Å². The van der Waals surface area contributed by atoms with Gasteiger partial charge in [0.1, 0.15) is 0 Å². The molecule has 0 saturated heterocycles. The third-order valence-corrected chi connectivity index (χ3v) is 2.57. The molecule has 3 heteroatoms. The molecule has 0 unspecified atom stereocenters. The van der Waals surface area contributed by atoms with Crippen LogP contribution in [0.5, 0.6) is 0 Å². The number of nitrogens with zero attached hydrogens (tertiary/aromatic N) is 1. The molecule has 0 atom stereocenters. The fourth-order valence-corrected chi connectivity index (χ4v) is 1.71. The summed E-state index contributed by atoms with van der Waals surface area (Å²) < 4.78 is 4.91. The van der Waals surface area contributed by atoms with Gasteiger partial charge < -0.3 is 4.74 Å². The molecule has 0 N–H and O–H groups in total. The molecular formula is C15H15NO2. The summed E-state index contributed by atoms with van der Waals surface area (Å²) in [5.41, 5.74) is 2.93. The summed E-state index contributed by atoms with van der Waals surface area (Å²) in [7, 11) is 0. The Morgan fingerprint density at radius 3 is 2.56 bits per heavy atom. The van der Waals surface area contributed by atoms with Gasteiger partial charge in [-0.1, -0.05) is 30.3 Å². The first-order valence-corrected chi connectivity index (χ1v) is 5.95. The maximum atomic E-state index is 11.3. The Hall–Kier alpha value is -2.16. The minimum atomic E-state index is -0.192. The maximum absolute atomic E-state index is 11.3. The first-order chi connectivity index (χ1) is 8.79. The summed E-state index contributed by atoms with van der Waals surface area (Å²) >= 11 is 0. The van der Waals surface area contributed by atoms with Crippen LogP contribution in [0.25, 0.3) is 11.3 Å². The predicted octanol–water partition coefficient (Wildman–Crippen LogP) is 2.85. The lowest BCUT2D eigenvalue weighted by Gasteiger charge is -2.04. The average Bonchev–Trinajstić information content (AvgIpc) is 2.41. The minimum absolute atomic E-state index is 0.192. The molecule has 1 heterocycles. The van der Waals surface area contributed by atoms with Crippen LogP contribution in [0.2, 0.25) is 0 Å². The monoisotopic (exact) mass is 241 g/mol. The Labute approximate surface area is 106 Å². The molecule has 0 aliphatic heterocycles. The molecule has 0 spiro atoms. The van der Waals surface area contributed by atoms with E-state index >= 15 is 0 Å². The van der Waals surface area contributed by atoms with Crippen molar-refractivity contribution >= 4 is 5.97 Å². The minimum Gasteiger partial charge on any atom is -0.466 e. The number of benzene rings is 1. The van der Waals surface area contributed by atoms with Crippen molar-refractivity contribution in [2.45, 2.75) is 13.3 Å². The summed E-state index contributed by atoms with van der Waals surface area (Å²) in [6.45, 7) is 2.23. The Bertz CT molecular complexity index is 506. The number of carbonyl (C=O) groups is 1. The molecule has 0 aliphatic rings. The van der Waals surface area contributed by atoms with Gasteiger partial charge in [0.25, 0.3) is 0 Å². The molecule has 0 saturated carbocycles. The largest absolute Gasteiger partial charge is 0.466 e. The Morgan fingerprint density at radius 1 is 1.17 bits per heavy atom. The van der Waals surface area contributed by atoms with Crippen molar-refractivity contribution in [3.8, 4) is 11.3 Å². The Kier molecular flexibility index (Phi) is 4.07. The number of rotatable bonds is 4. The molecule has 18 heavy (non-hydrogen) atoms. The summed E-state index contributed by atoms with van der Waals surface area (Å²) in [4.78, 5) is 15.6. The van der Waals surface area contributed by atoms with Gasteiger partial charge in [0, 0.05) is 11.8 Å². The van der Waals surface area contributed by atoms with Gasteiger partial charge in [-0.25, -0.2) is 0 Å². The highest BCUT2D eigenvalue weighted by Gasteiger charge is 2.04. The number of ether oxygens (including phenoxy) is 1. The van der Waals surface area contributed by atoms with Crippen LogP contribution in [0.3, 0.4) is 0 Å². The Morgan fingerprint density at radius 2 is 1.94 bits per heavy atom. The molecule has 0 bridgehead atoms. The molecule has 1 aromatic heterocycles. The number of esters is 1. The first kappa shape index (κ1) is 12.3. The highest BCUT2D eigenvalue weighted by atomic mass is 16.5. The van der Waals surface area contributed by atoms with Crippen LogP contribution in [0.4, 0.5) is 0 Å². The molecule has 2 rings (SSSR count). The van der Waals surface area contributed by atoms with Crippen LogP contribution in [-0.4, -0.2) is 17.6 Å². The normalized spacial score (nSPS) is 10.1. The van der Waals surface area contributed by atoms with E-state index in [0.717, 1.165) is 16.8 Å². The van der Waals surface area contributed by atoms with E-state index in [1.807, 2.05) is 49.4 Å². The summed E-state index contributed by atoms with van der Waals surface area (Å²) in [6.07, 6.45) is 2.08. The second kappa shape index (κ2) is 5.96. The number of hydrogen-bond acceptors (Lipinski definition) is 3. The smallest absolute Gasteiger partial charge is 0.310 e. The number of pyridine rings is 1. The third kappa shape index (κ3) is 3.17. The van der Waals surface area contributed by atoms with Crippen molar-refractivity contribution in [1.82, 2.24) is 4.98 Å². The molecule has 92 valence electrons. The van der Waals surface area contributed by atoms with Gasteiger partial charge in [-0.3, -0.25) is 9.78 Å². The van der Waals surface area contributed by atoms with Crippen LogP contribution in [0.15, 0.2) is 48.7 Å². The van der Waals surface area contributed by atoms with Gasteiger partial charge in [-0.05, 0) is 24.6 Å². The molecule has 1 aromatic carbocycles. The highest BCUT2D eigenvalue weighted by Crippen LogP contribution is 2.17. The summed E-state index contributed by atoms with van der Waals surface area (Å²) in [5.74, 6) is -0.192. The van der Waals surface area contributed by atoms with Crippen molar-refractivity contribution in [2.75, 3.05) is 6.61 Å². The van der Waals surface area contributed by atoms with Gasteiger partial charge in [0.05, 0.1) is 18.7 Å². The zero-order chi connectivity index (χ0) is 12.8. The first-order valence-electron chi connectivity index (χ1n) is 5.95. The lowest BCUT2D eigenvalue weighted by atomic mass is 10.1. The molecular weight excluding hydrogens is 226 g/mol. The SMILES string of the molecule is CCOC(=O)Cc1ccc(-c2ccccn2)cc1. The zero-order valence-corrected chi connectivity index (χ0v) is 10.3. The van der Waals surface area contributed by atoms with Crippen LogP contribution in [0, 0.1) is 0 Å². The number of hydrogen-bond donors (Lipinski definition) is 0. The predicted molar refractivity (Wildman–Crippen MR) is 70.0 cm³/mol. The lowest BCUT2D eigenvalue weighted by Crippen LogP contribution is -2.07. The van der Waals surface area contributed by atoms with E-state index in [1.54, 1.807) is 6.20 Å². The molecule has 0 fully saturated rings. The van der Waals surface area contributed by atoms with Gasteiger partial charge in [-0.2, -0.15) is 0 Å². The molecule has 2 aromatic rings. The quantitative estimate of drug-likeness (QED) is 0.773. The molecule has 3 nitrogen and oxygen atoms in total. The van der Waals surface area contributed by atoms with Crippen LogP contribution < -0.4 is 0 Å². The van der Waals surface area contributed by atoms with E-state index < -0.39 is 0 Å². The van der Waals surface area contributed by atoms with E-state index in [1.165, 1.54) is 0 Å². The van der Waals surface area contributed by atoms with E-state index in [0.29, 0.717) is 13.0 Å². The zero-order valence-electron chi connectivity index (χ0n) is 10.3. The maximum Gasteiger partial charge on any atom is 0.310 e. The Balaban J connectivity index is 2.09. The summed E-state index contributed by atoms with van der Waals surface area (Å²) in [5, 5.41) is 0. The van der Waals surface area contributed by atoms with Crippen molar-refractivity contribution < 1.29 is 9.53 Å². The van der Waals surface area contributed by atoms with E-state index in [2.05, 4.69) is 4.98 Å². The standard InChI is InChI=1S/C15H15NO2/c1-2-18-15(17)11-12-6-8-13(9-7-12)14-5-3-4-10-16-14/h3-10H,2,11H2,1H3. The van der Waals surface area contributed by atoms with Crippen molar-refractivity contribution in [3.63, 3.8) is 0 Å². The fourth-order valence-electron chi connectivity index (χ4n) is 1.71. The molecule has 0 radical (unpaired) electrons. The third-order valence-electron chi connectivity index (χ3n) is 2.57. The van der Waals surface area contributed by atoms with Gasteiger partial charge in [0.15, 0.2) is 0 Å². The second-order valence-corrected chi connectivity index (χ2v) is 3.89. The second-order valence-electron chi connectivity index (χ2n) is 3.89. The molecule has 0 amide bonds. The number of aromatic nitrogens is 1. The number of carbonyl (C=O) groups excluding carboxylic acids is 1. The van der Waals surface area contributed by atoms with Crippen LogP contribution >= 0.6 is 0 Å². The van der Waals surface area contributed by atoms with E-state index in [-0.39, 0.29) is 5.97 Å². The van der Waals surface area contributed by atoms with E-state index in [4.69, 9.17) is 4.74 Å². The summed E-state index contributed by atoms with van der Waals surface area (Å²) in [6, 6.07) is 13.6. The topological polar surface area (TPSA) is 39.2 Å². The van der Waals surface area contributed by atoms with E-state index in [9.17, 15) is 4.79 Å². The average molecular weight is 241 g/mol. The fraction of sp³-hybridized carbons (Fsp3) is 0.200. The lowest BCUT2D eigenvalue weighted by molar-refractivity contribution is -0.142. The molecule has 0 aliphatic carbocycles. The van der Waals surface area contributed by atoms with Crippen molar-refractivity contribution in [3.05, 3.63) is 54.2 Å². The van der Waals surface area contributed by atoms with Gasteiger partial charge in [-0.15, -0.1) is 0 Å². The van der Waals surface area contributed by atoms with Crippen LogP contribution in [-0.2, 0) is 16.0 Å². The van der Waals surface area contributed by atoms with Gasteiger partial charge in [0.2, 0.25) is 0 Å². The highest BCUT2D eigenvalue weighted by molar-refractivity contribution is 5.73. The van der Waals surface area contributed by atoms with Gasteiger partial charge >= 0.3 is 5.97 Å².